The van der Waals surface area contributed by atoms with E-state index in [9.17, 15) is 0 Å². The Morgan fingerprint density at radius 2 is 2.00 bits per heavy atom. The van der Waals surface area contributed by atoms with Crippen LogP contribution < -0.4 is 0 Å². The van der Waals surface area contributed by atoms with E-state index in [0.29, 0.717) is 6.04 Å². The maximum absolute atomic E-state index is 6.38. The summed E-state index contributed by atoms with van der Waals surface area (Å²) in [4.78, 5) is 12.1. The van der Waals surface area contributed by atoms with E-state index >= 15 is 0 Å². The minimum atomic E-state index is -0.0398. The summed E-state index contributed by atoms with van der Waals surface area (Å²) < 4.78 is 7.44. The van der Waals surface area contributed by atoms with Crippen molar-refractivity contribution in [2.45, 2.75) is 31.5 Å². The molecule has 0 aliphatic carbocycles. The molecule has 0 bridgehead atoms. The lowest BCUT2D eigenvalue weighted by atomic mass is 10.0. The SMILES string of the molecule is CC[C@@H]1CSC2=N[C@H](c3ccccn3)[C@H](c3ccc(-c4ccc(Br)cc4)o3)N21. The van der Waals surface area contributed by atoms with Crippen molar-refractivity contribution in [1.29, 1.82) is 0 Å². The first kappa shape index (κ1) is 18.0. The van der Waals surface area contributed by atoms with Gasteiger partial charge in [-0.2, -0.15) is 0 Å². The Balaban J connectivity index is 1.55. The van der Waals surface area contributed by atoms with Gasteiger partial charge in [-0.1, -0.05) is 52.8 Å². The highest BCUT2D eigenvalue weighted by molar-refractivity contribution is 9.10. The molecule has 1 aromatic carbocycles. The number of halogens is 1. The van der Waals surface area contributed by atoms with Crippen molar-refractivity contribution in [3.05, 3.63) is 76.7 Å². The van der Waals surface area contributed by atoms with Gasteiger partial charge in [-0.3, -0.25) is 4.98 Å². The van der Waals surface area contributed by atoms with Gasteiger partial charge < -0.3 is 9.32 Å². The molecule has 2 aromatic heterocycles. The van der Waals surface area contributed by atoms with Crippen LogP contribution in [0.4, 0.5) is 0 Å². The van der Waals surface area contributed by atoms with Crippen LogP contribution in [0.25, 0.3) is 11.3 Å². The van der Waals surface area contributed by atoms with E-state index < -0.39 is 0 Å². The fourth-order valence-corrected chi connectivity index (χ4v) is 5.54. The Bertz CT molecular complexity index is 1000. The normalized spacial score (nSPS) is 23.7. The van der Waals surface area contributed by atoms with E-state index in [4.69, 9.17) is 9.41 Å². The summed E-state index contributed by atoms with van der Waals surface area (Å²) in [7, 11) is 0. The van der Waals surface area contributed by atoms with Crippen molar-refractivity contribution < 1.29 is 4.42 Å². The largest absolute Gasteiger partial charge is 0.459 e. The molecule has 0 unspecified atom stereocenters. The van der Waals surface area contributed by atoms with Gasteiger partial charge in [0.25, 0.3) is 0 Å². The molecule has 4 nitrogen and oxygen atoms in total. The van der Waals surface area contributed by atoms with E-state index in [-0.39, 0.29) is 12.1 Å². The molecule has 1 saturated heterocycles. The lowest BCUT2D eigenvalue weighted by molar-refractivity contribution is 0.226. The highest BCUT2D eigenvalue weighted by Gasteiger charge is 2.46. The average Bonchev–Trinajstić information content (AvgIpc) is 3.44. The summed E-state index contributed by atoms with van der Waals surface area (Å²) in [5.41, 5.74) is 2.07. The fourth-order valence-electron chi connectivity index (χ4n) is 3.94. The van der Waals surface area contributed by atoms with E-state index in [0.717, 1.165) is 44.6 Å². The van der Waals surface area contributed by atoms with Gasteiger partial charge in [0.05, 0.1) is 5.69 Å². The molecule has 2 aliphatic rings. The van der Waals surface area contributed by atoms with Crippen molar-refractivity contribution in [3.8, 4) is 11.3 Å². The molecule has 0 spiro atoms. The minimum absolute atomic E-state index is 0.0398. The van der Waals surface area contributed by atoms with Crippen molar-refractivity contribution in [3.63, 3.8) is 0 Å². The fraction of sp³-hybridized carbons (Fsp3) is 0.273. The van der Waals surface area contributed by atoms with Crippen LogP contribution in [0, 0.1) is 0 Å². The third-order valence-electron chi connectivity index (χ3n) is 5.38. The Morgan fingerprint density at radius 1 is 1.14 bits per heavy atom. The molecular weight excluding hydrogens is 434 g/mol. The molecule has 28 heavy (non-hydrogen) atoms. The zero-order chi connectivity index (χ0) is 19.1. The van der Waals surface area contributed by atoms with Gasteiger partial charge in [0.2, 0.25) is 0 Å². The summed E-state index contributed by atoms with van der Waals surface area (Å²) in [6.45, 7) is 2.24. The average molecular weight is 454 g/mol. The maximum Gasteiger partial charge on any atom is 0.161 e. The summed E-state index contributed by atoms with van der Waals surface area (Å²) >= 11 is 5.34. The Labute approximate surface area is 177 Å². The van der Waals surface area contributed by atoms with Gasteiger partial charge in [-0.25, -0.2) is 4.99 Å². The summed E-state index contributed by atoms with van der Waals surface area (Å²) in [5, 5.41) is 1.12. The molecule has 3 atom stereocenters. The topological polar surface area (TPSA) is 41.6 Å². The molecule has 0 saturated carbocycles. The Kier molecular flexibility index (Phi) is 4.77. The molecule has 0 N–H and O–H groups in total. The molecule has 1 fully saturated rings. The summed E-state index contributed by atoms with van der Waals surface area (Å²) in [6.07, 6.45) is 2.94. The number of furan rings is 1. The number of aliphatic imine (C=N–C) groups is 1. The second kappa shape index (κ2) is 7.41. The van der Waals surface area contributed by atoms with Crippen molar-refractivity contribution in [2.24, 2.45) is 4.99 Å². The Morgan fingerprint density at radius 3 is 2.75 bits per heavy atom. The second-order valence-corrected chi connectivity index (χ2v) is 8.95. The van der Waals surface area contributed by atoms with Crippen LogP contribution in [-0.4, -0.2) is 26.8 Å². The quantitative estimate of drug-likeness (QED) is 0.479. The van der Waals surface area contributed by atoms with Gasteiger partial charge in [0, 0.05) is 28.0 Å². The predicted molar refractivity (Wildman–Crippen MR) is 117 cm³/mol. The number of aromatic nitrogens is 1. The Hall–Kier alpha value is -2.05. The number of nitrogens with zero attached hydrogens (tertiary/aromatic N) is 3. The number of pyridine rings is 1. The molecule has 2 aliphatic heterocycles. The van der Waals surface area contributed by atoms with Crippen LogP contribution in [-0.2, 0) is 0 Å². The van der Waals surface area contributed by atoms with Gasteiger partial charge >= 0.3 is 0 Å². The maximum atomic E-state index is 6.38. The van der Waals surface area contributed by atoms with Gasteiger partial charge in [-0.05, 0) is 42.8 Å². The number of amidine groups is 1. The summed E-state index contributed by atoms with van der Waals surface area (Å²) in [5.74, 6) is 2.92. The molecule has 142 valence electrons. The van der Waals surface area contributed by atoms with E-state index in [2.05, 4.69) is 63.1 Å². The number of rotatable bonds is 4. The minimum Gasteiger partial charge on any atom is -0.459 e. The molecule has 0 amide bonds. The third-order valence-corrected chi connectivity index (χ3v) is 7.03. The van der Waals surface area contributed by atoms with Crippen LogP contribution in [0.5, 0.6) is 0 Å². The zero-order valence-corrected chi connectivity index (χ0v) is 17.9. The van der Waals surface area contributed by atoms with Crippen LogP contribution in [0.3, 0.4) is 0 Å². The molecule has 0 radical (unpaired) electrons. The van der Waals surface area contributed by atoms with E-state index in [1.54, 1.807) is 0 Å². The molecule has 6 heteroatoms. The lowest BCUT2D eigenvalue weighted by Crippen LogP contribution is -2.35. The van der Waals surface area contributed by atoms with Crippen molar-refractivity contribution >= 4 is 32.9 Å². The molecule has 3 aromatic rings. The first-order chi connectivity index (χ1) is 13.7. The zero-order valence-electron chi connectivity index (χ0n) is 15.5. The monoisotopic (exact) mass is 453 g/mol. The molecule has 4 heterocycles. The van der Waals surface area contributed by atoms with Crippen molar-refractivity contribution in [1.82, 2.24) is 9.88 Å². The van der Waals surface area contributed by atoms with Crippen LogP contribution in [0.1, 0.15) is 36.9 Å². The number of benzene rings is 1. The number of thioether (sulfide) groups is 1. The van der Waals surface area contributed by atoms with E-state index in [1.807, 2.05) is 42.2 Å². The summed E-state index contributed by atoms with van der Waals surface area (Å²) in [6, 6.07) is 18.9. The number of hydrogen-bond donors (Lipinski definition) is 0. The van der Waals surface area contributed by atoms with Gasteiger partial charge in [0.1, 0.15) is 23.6 Å². The van der Waals surface area contributed by atoms with Crippen LogP contribution >= 0.6 is 27.7 Å². The predicted octanol–water partition coefficient (Wildman–Crippen LogP) is 6.08. The smallest absolute Gasteiger partial charge is 0.161 e. The molecule has 5 rings (SSSR count). The van der Waals surface area contributed by atoms with Gasteiger partial charge in [-0.15, -0.1) is 0 Å². The second-order valence-electron chi connectivity index (χ2n) is 7.05. The standard InChI is InChI=1S/C22H20BrN3OS/c1-2-16-13-28-22-25-20(17-5-3-4-12-24-17)21(26(16)22)19-11-10-18(27-19)14-6-8-15(23)9-7-14/h3-12,16,20-21H,2,13H2,1H3/t16-,20-,21+/m1/s1. The highest BCUT2D eigenvalue weighted by atomic mass is 79.9. The van der Waals surface area contributed by atoms with Crippen LogP contribution in [0.2, 0.25) is 0 Å². The van der Waals surface area contributed by atoms with E-state index in [1.165, 1.54) is 0 Å². The molecular formula is C22H20BrN3OS. The van der Waals surface area contributed by atoms with Crippen LogP contribution in [0.15, 0.2) is 74.7 Å². The van der Waals surface area contributed by atoms with Gasteiger partial charge in [0.15, 0.2) is 5.17 Å². The lowest BCUT2D eigenvalue weighted by Gasteiger charge is -2.30. The number of hydrogen-bond acceptors (Lipinski definition) is 5. The highest BCUT2D eigenvalue weighted by Crippen LogP contribution is 2.49. The van der Waals surface area contributed by atoms with Crippen molar-refractivity contribution in [2.75, 3.05) is 5.75 Å². The number of fused-ring (bicyclic) bond motifs is 1. The first-order valence-corrected chi connectivity index (χ1v) is 11.3. The third kappa shape index (κ3) is 3.08. The first-order valence-electron chi connectivity index (χ1n) is 9.50.